The average Bonchev–Trinajstić information content (AvgIpc) is 3.25. The summed E-state index contributed by atoms with van der Waals surface area (Å²) in [6, 6.07) is 18.2. The first kappa shape index (κ1) is 20.1. The number of aromatic nitrogens is 1. The normalized spacial score (nSPS) is 16.0. The van der Waals surface area contributed by atoms with E-state index in [-0.39, 0.29) is 24.2 Å². The number of nitrogens with zero attached hydrogens (tertiary/aromatic N) is 2. The van der Waals surface area contributed by atoms with Gasteiger partial charge in [0.15, 0.2) is 0 Å². The van der Waals surface area contributed by atoms with Crippen LogP contribution < -0.4 is 4.74 Å². The van der Waals surface area contributed by atoms with Crippen molar-refractivity contribution in [1.82, 2.24) is 9.88 Å². The molecular formula is C25H25FN2O2. The highest BCUT2D eigenvalue weighted by Gasteiger charge is 2.31. The Labute approximate surface area is 176 Å². The second-order valence-electron chi connectivity index (χ2n) is 7.70. The first-order chi connectivity index (χ1) is 14.5. The first-order valence-electron chi connectivity index (χ1n) is 10.2. The molecule has 1 aromatic heterocycles. The fourth-order valence-corrected chi connectivity index (χ4v) is 4.07. The van der Waals surface area contributed by atoms with Crippen molar-refractivity contribution in [1.29, 1.82) is 0 Å². The van der Waals surface area contributed by atoms with Crippen LogP contribution >= 0.6 is 0 Å². The van der Waals surface area contributed by atoms with Crippen LogP contribution in [0.4, 0.5) is 4.39 Å². The van der Waals surface area contributed by atoms with Crippen molar-refractivity contribution in [3.8, 4) is 16.9 Å². The minimum absolute atomic E-state index is 0.0325. The molecule has 0 N–H and O–H groups in total. The van der Waals surface area contributed by atoms with Crippen molar-refractivity contribution in [2.75, 3.05) is 13.7 Å². The third kappa shape index (κ3) is 4.35. The lowest BCUT2D eigenvalue weighted by Gasteiger charge is -2.25. The molecule has 1 saturated heterocycles. The number of pyridine rings is 1. The predicted molar refractivity (Wildman–Crippen MR) is 115 cm³/mol. The third-order valence-corrected chi connectivity index (χ3v) is 5.58. The molecule has 1 aliphatic rings. The summed E-state index contributed by atoms with van der Waals surface area (Å²) in [5.41, 5.74) is 4.84. The van der Waals surface area contributed by atoms with E-state index in [1.165, 1.54) is 12.1 Å². The van der Waals surface area contributed by atoms with Crippen molar-refractivity contribution in [3.05, 3.63) is 83.4 Å². The summed E-state index contributed by atoms with van der Waals surface area (Å²) in [6.07, 6.45) is 2.12. The number of methoxy groups -OCH3 is 1. The number of benzene rings is 2. The molecule has 0 bridgehead atoms. The summed E-state index contributed by atoms with van der Waals surface area (Å²) in [5, 5.41) is 0. The highest BCUT2D eigenvalue weighted by Crippen LogP contribution is 2.34. The van der Waals surface area contributed by atoms with Crippen LogP contribution in [0.3, 0.4) is 0 Å². The maximum Gasteiger partial charge on any atom is 0.227 e. The zero-order chi connectivity index (χ0) is 21.1. The van der Waals surface area contributed by atoms with Crippen LogP contribution in [0.25, 0.3) is 11.1 Å². The summed E-state index contributed by atoms with van der Waals surface area (Å²) in [7, 11) is 1.65. The molecule has 0 aliphatic carbocycles. The average molecular weight is 404 g/mol. The molecule has 0 saturated carbocycles. The summed E-state index contributed by atoms with van der Waals surface area (Å²) >= 11 is 0. The van der Waals surface area contributed by atoms with Gasteiger partial charge in [0.05, 0.1) is 25.3 Å². The number of ether oxygens (including phenoxy) is 1. The van der Waals surface area contributed by atoms with Gasteiger partial charge < -0.3 is 9.64 Å². The van der Waals surface area contributed by atoms with Gasteiger partial charge in [0.2, 0.25) is 5.91 Å². The number of likely N-dealkylation sites (tertiary alicyclic amines) is 1. The van der Waals surface area contributed by atoms with Crippen molar-refractivity contribution >= 4 is 5.91 Å². The highest BCUT2D eigenvalue weighted by molar-refractivity contribution is 5.79. The highest BCUT2D eigenvalue weighted by atomic mass is 19.1. The van der Waals surface area contributed by atoms with Gasteiger partial charge in [-0.15, -0.1) is 0 Å². The quantitative estimate of drug-likeness (QED) is 0.593. The van der Waals surface area contributed by atoms with Crippen LogP contribution in [0.5, 0.6) is 5.75 Å². The number of hydrogen-bond donors (Lipinski definition) is 0. The van der Waals surface area contributed by atoms with Crippen LogP contribution in [0.1, 0.15) is 35.8 Å². The summed E-state index contributed by atoms with van der Waals surface area (Å²) < 4.78 is 18.4. The smallest absolute Gasteiger partial charge is 0.227 e. The van der Waals surface area contributed by atoms with Gasteiger partial charge in [-0.1, -0.05) is 24.3 Å². The minimum atomic E-state index is -0.291. The molecule has 4 nitrogen and oxygen atoms in total. The number of amides is 1. The second-order valence-corrected chi connectivity index (χ2v) is 7.70. The Bertz CT molecular complexity index is 1030. The van der Waals surface area contributed by atoms with E-state index in [2.05, 4.69) is 12.1 Å². The van der Waals surface area contributed by atoms with E-state index < -0.39 is 0 Å². The Kier molecular flexibility index (Phi) is 5.79. The van der Waals surface area contributed by atoms with Crippen LogP contribution in [-0.4, -0.2) is 29.4 Å². The van der Waals surface area contributed by atoms with Crippen LogP contribution in [0.2, 0.25) is 0 Å². The van der Waals surface area contributed by atoms with Crippen LogP contribution in [-0.2, 0) is 11.2 Å². The van der Waals surface area contributed by atoms with E-state index in [9.17, 15) is 9.18 Å². The van der Waals surface area contributed by atoms with E-state index in [0.29, 0.717) is 0 Å². The van der Waals surface area contributed by atoms with Crippen LogP contribution in [0.15, 0.2) is 60.7 Å². The van der Waals surface area contributed by atoms with Gasteiger partial charge in [-0.05, 0) is 72.9 Å². The topological polar surface area (TPSA) is 42.4 Å². The Morgan fingerprint density at radius 3 is 2.53 bits per heavy atom. The first-order valence-corrected chi connectivity index (χ1v) is 10.2. The van der Waals surface area contributed by atoms with Gasteiger partial charge in [0.1, 0.15) is 11.6 Å². The van der Waals surface area contributed by atoms with Gasteiger partial charge >= 0.3 is 0 Å². The monoisotopic (exact) mass is 404 g/mol. The lowest BCUT2D eigenvalue weighted by Crippen LogP contribution is -2.32. The third-order valence-electron chi connectivity index (χ3n) is 5.58. The minimum Gasteiger partial charge on any atom is -0.497 e. The lowest BCUT2D eigenvalue weighted by molar-refractivity contribution is -0.131. The van der Waals surface area contributed by atoms with Gasteiger partial charge in [-0.25, -0.2) is 4.39 Å². The molecule has 154 valence electrons. The van der Waals surface area contributed by atoms with Crippen molar-refractivity contribution in [2.45, 2.75) is 32.2 Å². The molecule has 1 fully saturated rings. The van der Waals surface area contributed by atoms with E-state index in [0.717, 1.165) is 53.2 Å². The molecule has 0 spiro atoms. The molecule has 3 aromatic rings. The molecule has 5 heteroatoms. The molecule has 4 rings (SSSR count). The van der Waals surface area contributed by atoms with Crippen LogP contribution in [0, 0.1) is 12.7 Å². The molecule has 0 radical (unpaired) electrons. The summed E-state index contributed by atoms with van der Waals surface area (Å²) in [5.74, 6) is 0.580. The number of rotatable bonds is 5. The van der Waals surface area contributed by atoms with Gasteiger partial charge in [-0.2, -0.15) is 0 Å². The Morgan fingerprint density at radius 2 is 1.83 bits per heavy atom. The lowest BCUT2D eigenvalue weighted by atomic mass is 10.0. The number of halogens is 1. The van der Waals surface area contributed by atoms with E-state index >= 15 is 0 Å². The number of carbonyl (C=O) groups excluding carboxylic acids is 1. The SMILES string of the molecule is COc1ccc(-c2cc(C)nc([C@H]3CCCN3C(=O)Cc3ccc(F)cc3)c2)cc1. The molecule has 2 aromatic carbocycles. The summed E-state index contributed by atoms with van der Waals surface area (Å²) in [6.45, 7) is 2.70. The second kappa shape index (κ2) is 8.66. The number of aryl methyl sites for hydroxylation is 1. The summed E-state index contributed by atoms with van der Waals surface area (Å²) in [4.78, 5) is 19.7. The maximum absolute atomic E-state index is 13.2. The molecule has 0 unspecified atom stereocenters. The van der Waals surface area contributed by atoms with Crippen molar-refractivity contribution in [3.63, 3.8) is 0 Å². The molecular weight excluding hydrogens is 379 g/mol. The van der Waals surface area contributed by atoms with E-state index in [4.69, 9.17) is 9.72 Å². The van der Waals surface area contributed by atoms with Gasteiger partial charge in [0, 0.05) is 12.2 Å². The van der Waals surface area contributed by atoms with Crippen molar-refractivity contribution < 1.29 is 13.9 Å². The molecule has 2 heterocycles. The van der Waals surface area contributed by atoms with Gasteiger partial charge in [0.25, 0.3) is 0 Å². The number of hydrogen-bond acceptors (Lipinski definition) is 3. The maximum atomic E-state index is 13.2. The fraction of sp³-hybridized carbons (Fsp3) is 0.280. The Balaban J connectivity index is 1.58. The standard InChI is InChI=1S/C25H25FN2O2/c1-17-14-20(19-7-11-22(30-2)12-8-19)16-23(27-17)24-4-3-13-28(24)25(29)15-18-5-9-21(26)10-6-18/h5-12,14,16,24H,3-4,13,15H2,1-2H3/t24-/m1/s1. The largest absolute Gasteiger partial charge is 0.497 e. The Hall–Kier alpha value is -3.21. The van der Waals surface area contributed by atoms with E-state index in [1.54, 1.807) is 19.2 Å². The van der Waals surface area contributed by atoms with Gasteiger partial charge in [-0.3, -0.25) is 9.78 Å². The Morgan fingerprint density at radius 1 is 1.10 bits per heavy atom. The number of carbonyl (C=O) groups is 1. The zero-order valence-electron chi connectivity index (χ0n) is 17.3. The fourth-order valence-electron chi connectivity index (χ4n) is 4.07. The zero-order valence-corrected chi connectivity index (χ0v) is 17.3. The van der Waals surface area contributed by atoms with E-state index in [1.807, 2.05) is 36.1 Å². The molecule has 1 amide bonds. The van der Waals surface area contributed by atoms with Crippen molar-refractivity contribution in [2.24, 2.45) is 0 Å². The molecule has 1 atom stereocenters. The molecule has 1 aliphatic heterocycles. The predicted octanol–water partition coefficient (Wildman–Crippen LogP) is 5.11. The molecule has 30 heavy (non-hydrogen) atoms.